The second-order valence-corrected chi connectivity index (χ2v) is 5.46. The van der Waals surface area contributed by atoms with Crippen LogP contribution in [0.2, 0.25) is 0 Å². The van der Waals surface area contributed by atoms with Gasteiger partial charge in [-0.1, -0.05) is 0 Å². The second kappa shape index (κ2) is 10.0. The van der Waals surface area contributed by atoms with Crippen molar-refractivity contribution in [1.82, 2.24) is 10.6 Å². The lowest BCUT2D eigenvalue weighted by Crippen LogP contribution is -2.39. The molecule has 6 nitrogen and oxygen atoms in total. The molecule has 0 aliphatic rings. The zero-order valence-corrected chi connectivity index (χ0v) is 14.8. The standard InChI is InChI=1S/C16H24N2O4S/c1-11(2)22-9-5-8-17-16(23)18-15(19)12-6-7-13(20-3)14(10-12)21-4/h6-7,10-11H,5,8-9H2,1-4H3,(H2,17,18,19,23). The molecule has 0 atom stereocenters. The van der Waals surface area contributed by atoms with Crippen molar-refractivity contribution >= 4 is 23.2 Å². The zero-order valence-electron chi connectivity index (χ0n) is 14.0. The van der Waals surface area contributed by atoms with Gasteiger partial charge in [-0.05, 0) is 50.7 Å². The summed E-state index contributed by atoms with van der Waals surface area (Å²) in [6.45, 7) is 5.26. The molecule has 23 heavy (non-hydrogen) atoms. The van der Waals surface area contributed by atoms with E-state index in [1.807, 2.05) is 13.8 Å². The summed E-state index contributed by atoms with van der Waals surface area (Å²) in [5, 5.41) is 5.89. The lowest BCUT2D eigenvalue weighted by Gasteiger charge is -2.12. The Balaban J connectivity index is 2.44. The van der Waals surface area contributed by atoms with Crippen LogP contribution in [0, 0.1) is 0 Å². The van der Waals surface area contributed by atoms with Crippen LogP contribution < -0.4 is 20.1 Å². The Morgan fingerprint density at radius 1 is 1.22 bits per heavy atom. The highest BCUT2D eigenvalue weighted by molar-refractivity contribution is 7.80. The predicted octanol–water partition coefficient (Wildman–Crippen LogP) is 2.12. The number of hydrogen-bond donors (Lipinski definition) is 2. The van der Waals surface area contributed by atoms with Gasteiger partial charge in [0.05, 0.1) is 20.3 Å². The Kier molecular flexibility index (Phi) is 8.36. The number of carbonyl (C=O) groups excluding carboxylic acids is 1. The number of benzene rings is 1. The Hall–Kier alpha value is -1.86. The molecule has 0 saturated carbocycles. The van der Waals surface area contributed by atoms with E-state index >= 15 is 0 Å². The van der Waals surface area contributed by atoms with Gasteiger partial charge in [-0.3, -0.25) is 10.1 Å². The van der Waals surface area contributed by atoms with Gasteiger partial charge < -0.3 is 19.5 Å². The van der Waals surface area contributed by atoms with E-state index in [1.165, 1.54) is 7.11 Å². The summed E-state index contributed by atoms with van der Waals surface area (Å²) in [7, 11) is 3.06. The molecule has 1 aromatic carbocycles. The van der Waals surface area contributed by atoms with Crippen LogP contribution in [0.15, 0.2) is 18.2 Å². The van der Waals surface area contributed by atoms with Gasteiger partial charge in [-0.15, -0.1) is 0 Å². The topological polar surface area (TPSA) is 68.8 Å². The Morgan fingerprint density at radius 3 is 2.52 bits per heavy atom. The molecule has 1 amide bonds. The van der Waals surface area contributed by atoms with Crippen molar-refractivity contribution < 1.29 is 19.0 Å². The SMILES string of the molecule is COc1ccc(C(=O)NC(=S)NCCCOC(C)C)cc1OC. The normalized spacial score (nSPS) is 10.3. The number of thiocarbonyl (C=S) groups is 1. The molecule has 0 aliphatic heterocycles. The van der Waals surface area contributed by atoms with Crippen LogP contribution in [0.5, 0.6) is 11.5 Å². The minimum atomic E-state index is -0.304. The highest BCUT2D eigenvalue weighted by Gasteiger charge is 2.11. The second-order valence-electron chi connectivity index (χ2n) is 5.05. The van der Waals surface area contributed by atoms with Crippen LogP contribution in [0.1, 0.15) is 30.6 Å². The minimum absolute atomic E-state index is 0.215. The Bertz CT molecular complexity index is 535. The van der Waals surface area contributed by atoms with E-state index in [9.17, 15) is 4.79 Å². The van der Waals surface area contributed by atoms with Gasteiger partial charge in [0.2, 0.25) is 0 Å². The largest absolute Gasteiger partial charge is 0.493 e. The molecule has 0 radical (unpaired) electrons. The van der Waals surface area contributed by atoms with Crippen molar-refractivity contribution in [3.8, 4) is 11.5 Å². The maximum Gasteiger partial charge on any atom is 0.257 e. The lowest BCUT2D eigenvalue weighted by atomic mass is 10.2. The first-order valence-corrected chi connectivity index (χ1v) is 7.81. The number of nitrogens with one attached hydrogen (secondary N) is 2. The molecule has 0 aliphatic carbocycles. The van der Waals surface area contributed by atoms with Crippen LogP contribution >= 0.6 is 12.2 Å². The van der Waals surface area contributed by atoms with Gasteiger partial charge >= 0.3 is 0 Å². The van der Waals surface area contributed by atoms with Crippen molar-refractivity contribution in [1.29, 1.82) is 0 Å². The highest BCUT2D eigenvalue weighted by Crippen LogP contribution is 2.27. The summed E-state index contributed by atoms with van der Waals surface area (Å²) >= 11 is 5.10. The monoisotopic (exact) mass is 340 g/mol. The van der Waals surface area contributed by atoms with Gasteiger partial charge in [-0.25, -0.2) is 0 Å². The number of methoxy groups -OCH3 is 2. The maximum absolute atomic E-state index is 12.1. The first kappa shape index (κ1) is 19.2. The van der Waals surface area contributed by atoms with Gasteiger partial charge in [-0.2, -0.15) is 0 Å². The quantitative estimate of drug-likeness (QED) is 0.558. The van der Waals surface area contributed by atoms with Crippen molar-refractivity contribution in [3.05, 3.63) is 23.8 Å². The highest BCUT2D eigenvalue weighted by atomic mass is 32.1. The molecule has 0 saturated heterocycles. The molecule has 1 aromatic rings. The van der Waals surface area contributed by atoms with Gasteiger partial charge in [0.25, 0.3) is 5.91 Å². The van der Waals surface area contributed by atoms with Crippen molar-refractivity contribution in [2.75, 3.05) is 27.4 Å². The van der Waals surface area contributed by atoms with E-state index in [0.717, 1.165) is 6.42 Å². The van der Waals surface area contributed by atoms with E-state index in [0.29, 0.717) is 30.2 Å². The summed E-state index contributed by atoms with van der Waals surface area (Å²) in [5.41, 5.74) is 0.440. The zero-order chi connectivity index (χ0) is 17.2. The Labute approximate surface area is 142 Å². The van der Waals surface area contributed by atoms with Gasteiger partial charge in [0.15, 0.2) is 16.6 Å². The minimum Gasteiger partial charge on any atom is -0.493 e. The third kappa shape index (κ3) is 6.83. The fourth-order valence-corrected chi connectivity index (χ4v) is 1.98. The fraction of sp³-hybridized carbons (Fsp3) is 0.500. The van der Waals surface area contributed by atoms with Crippen molar-refractivity contribution in [2.45, 2.75) is 26.4 Å². The summed E-state index contributed by atoms with van der Waals surface area (Å²) in [6.07, 6.45) is 1.02. The summed E-state index contributed by atoms with van der Waals surface area (Å²) in [6, 6.07) is 4.93. The number of carbonyl (C=O) groups is 1. The molecule has 0 aromatic heterocycles. The molecule has 7 heteroatoms. The van der Waals surface area contributed by atoms with Crippen molar-refractivity contribution in [3.63, 3.8) is 0 Å². The molecule has 128 valence electrons. The molecule has 0 unspecified atom stereocenters. The molecule has 0 spiro atoms. The molecule has 0 fully saturated rings. The summed E-state index contributed by atoms with van der Waals surface area (Å²) < 4.78 is 15.7. The van der Waals surface area contributed by atoms with Crippen LogP contribution in [0.25, 0.3) is 0 Å². The number of amides is 1. The van der Waals surface area contributed by atoms with E-state index < -0.39 is 0 Å². The molecular weight excluding hydrogens is 316 g/mol. The van der Waals surface area contributed by atoms with E-state index in [1.54, 1.807) is 25.3 Å². The molecule has 0 bridgehead atoms. The van der Waals surface area contributed by atoms with E-state index in [2.05, 4.69) is 10.6 Å². The first-order chi connectivity index (χ1) is 11.0. The van der Waals surface area contributed by atoms with Gasteiger partial charge in [0.1, 0.15) is 0 Å². The summed E-state index contributed by atoms with van der Waals surface area (Å²) in [5.74, 6) is 0.752. The van der Waals surface area contributed by atoms with Crippen LogP contribution in [0.3, 0.4) is 0 Å². The third-order valence-corrected chi connectivity index (χ3v) is 3.18. The molecule has 0 heterocycles. The summed E-state index contributed by atoms with van der Waals surface area (Å²) in [4.78, 5) is 12.1. The van der Waals surface area contributed by atoms with Crippen LogP contribution in [-0.4, -0.2) is 44.5 Å². The third-order valence-electron chi connectivity index (χ3n) is 2.93. The molecule has 2 N–H and O–H groups in total. The number of hydrogen-bond acceptors (Lipinski definition) is 5. The van der Waals surface area contributed by atoms with Gasteiger partial charge in [0, 0.05) is 18.7 Å². The fourth-order valence-electron chi connectivity index (χ4n) is 1.79. The number of ether oxygens (including phenoxy) is 3. The smallest absolute Gasteiger partial charge is 0.257 e. The lowest BCUT2D eigenvalue weighted by molar-refractivity contribution is 0.0777. The maximum atomic E-state index is 12.1. The van der Waals surface area contributed by atoms with Crippen LogP contribution in [-0.2, 0) is 4.74 Å². The molecule has 1 rings (SSSR count). The Morgan fingerprint density at radius 2 is 1.91 bits per heavy atom. The first-order valence-electron chi connectivity index (χ1n) is 7.40. The number of rotatable bonds is 8. The van der Waals surface area contributed by atoms with E-state index in [-0.39, 0.29) is 17.1 Å². The average Bonchev–Trinajstić information content (AvgIpc) is 2.53. The predicted molar refractivity (Wildman–Crippen MR) is 93.3 cm³/mol. The average molecular weight is 340 g/mol. The van der Waals surface area contributed by atoms with Crippen molar-refractivity contribution in [2.24, 2.45) is 0 Å². The molecular formula is C16H24N2O4S. The van der Waals surface area contributed by atoms with Crippen LogP contribution in [0.4, 0.5) is 0 Å². The van der Waals surface area contributed by atoms with E-state index in [4.69, 9.17) is 26.4 Å².